The second-order valence-electron chi connectivity index (χ2n) is 6.67. The number of rotatable bonds is 1. The van der Waals surface area contributed by atoms with Crippen LogP contribution in [0, 0.1) is 0 Å². The van der Waals surface area contributed by atoms with E-state index in [2.05, 4.69) is 25.1 Å². The average Bonchev–Trinajstić information content (AvgIpc) is 3.09. The largest absolute Gasteiger partial charge is 0.361 e. The van der Waals surface area contributed by atoms with Crippen LogP contribution >= 0.6 is 0 Å². The molecular weight excluding hydrogens is 274 g/mol. The quantitative estimate of drug-likeness (QED) is 0.754. The molecule has 0 bridgehead atoms. The lowest BCUT2D eigenvalue weighted by molar-refractivity contribution is 0.0987. The van der Waals surface area contributed by atoms with Crippen LogP contribution < -0.4 is 4.90 Å². The van der Waals surface area contributed by atoms with Crippen molar-refractivity contribution in [2.24, 2.45) is 0 Å². The number of carbonyl (C=O) groups is 1. The Morgan fingerprint density at radius 3 is 2.82 bits per heavy atom. The molecule has 5 rings (SSSR count). The number of amides is 1. The highest BCUT2D eigenvalue weighted by Gasteiger charge is 2.60. The van der Waals surface area contributed by atoms with E-state index in [0.717, 1.165) is 24.2 Å². The Kier molecular flexibility index (Phi) is 2.25. The van der Waals surface area contributed by atoms with E-state index in [1.807, 2.05) is 35.2 Å². The summed E-state index contributed by atoms with van der Waals surface area (Å²) < 4.78 is 5.93. The van der Waals surface area contributed by atoms with E-state index in [9.17, 15) is 4.79 Å². The molecule has 3 heteroatoms. The van der Waals surface area contributed by atoms with E-state index in [1.54, 1.807) is 0 Å². The Labute approximate surface area is 129 Å². The van der Waals surface area contributed by atoms with Crippen LogP contribution in [0.1, 0.15) is 40.7 Å². The fourth-order valence-electron chi connectivity index (χ4n) is 4.21. The molecule has 0 unspecified atom stereocenters. The van der Waals surface area contributed by atoms with Gasteiger partial charge in [-0.3, -0.25) is 4.79 Å². The molecule has 2 aromatic rings. The number of epoxide rings is 1. The number of ether oxygens (including phenoxy) is 1. The third kappa shape index (κ3) is 1.47. The van der Waals surface area contributed by atoms with E-state index in [1.165, 1.54) is 11.1 Å². The van der Waals surface area contributed by atoms with E-state index >= 15 is 0 Å². The van der Waals surface area contributed by atoms with Crippen LogP contribution in [0.5, 0.6) is 0 Å². The van der Waals surface area contributed by atoms with E-state index in [0.29, 0.717) is 12.0 Å². The van der Waals surface area contributed by atoms with Crippen molar-refractivity contribution in [1.82, 2.24) is 0 Å². The molecule has 1 fully saturated rings. The van der Waals surface area contributed by atoms with Gasteiger partial charge in [0.25, 0.3) is 5.91 Å². The average molecular weight is 291 g/mol. The van der Waals surface area contributed by atoms with Gasteiger partial charge in [-0.05, 0) is 42.7 Å². The van der Waals surface area contributed by atoms with E-state index < -0.39 is 0 Å². The predicted octanol–water partition coefficient (Wildman–Crippen LogP) is 3.45. The SMILES string of the molecule is C[C@@]12O[C@@H]1C[C@H]1CN(C(=O)c3ccccc3)c3cccc2c31. The number of carbonyl (C=O) groups excluding carboxylic acids is 1. The first-order valence-electron chi connectivity index (χ1n) is 7.86. The summed E-state index contributed by atoms with van der Waals surface area (Å²) in [5.74, 6) is 0.516. The van der Waals surface area contributed by atoms with E-state index in [-0.39, 0.29) is 11.5 Å². The highest BCUT2D eigenvalue weighted by Crippen LogP contribution is 2.59. The fourth-order valence-corrected chi connectivity index (χ4v) is 4.21. The first-order valence-corrected chi connectivity index (χ1v) is 7.86. The van der Waals surface area contributed by atoms with Crippen molar-refractivity contribution in [2.75, 3.05) is 11.4 Å². The molecule has 1 amide bonds. The lowest BCUT2D eigenvalue weighted by atomic mass is 9.78. The van der Waals surface area contributed by atoms with Crippen molar-refractivity contribution in [3.05, 3.63) is 65.2 Å². The number of hydrogen-bond donors (Lipinski definition) is 0. The second kappa shape index (κ2) is 3.99. The van der Waals surface area contributed by atoms with Gasteiger partial charge < -0.3 is 9.64 Å². The summed E-state index contributed by atoms with van der Waals surface area (Å²) in [5.41, 5.74) is 4.34. The Hall–Kier alpha value is -2.13. The Morgan fingerprint density at radius 1 is 1.18 bits per heavy atom. The van der Waals surface area contributed by atoms with Crippen molar-refractivity contribution in [2.45, 2.75) is 31.0 Å². The van der Waals surface area contributed by atoms with Crippen LogP contribution in [-0.2, 0) is 10.3 Å². The van der Waals surface area contributed by atoms with E-state index in [4.69, 9.17) is 4.74 Å². The standard InChI is InChI=1S/C19H17NO2/c1-19-14-8-5-9-15-17(14)13(10-16(19)22-19)11-20(15)18(21)12-6-3-2-4-7-12/h2-9,13,16H,10-11H2,1H3/t13-,16+,19-/m0/s1. The molecule has 0 spiro atoms. The molecule has 22 heavy (non-hydrogen) atoms. The molecule has 0 radical (unpaired) electrons. The van der Waals surface area contributed by atoms with Crippen molar-refractivity contribution in [1.29, 1.82) is 0 Å². The first kappa shape index (κ1) is 12.4. The summed E-state index contributed by atoms with van der Waals surface area (Å²) in [6, 6.07) is 15.8. The second-order valence-corrected chi connectivity index (χ2v) is 6.67. The summed E-state index contributed by atoms with van der Waals surface area (Å²) >= 11 is 0. The molecule has 1 aliphatic carbocycles. The van der Waals surface area contributed by atoms with Gasteiger partial charge >= 0.3 is 0 Å². The number of fused-ring (bicyclic) bond motifs is 2. The Bertz CT molecular complexity index is 785. The van der Waals surface area contributed by atoms with Crippen LogP contribution in [0.4, 0.5) is 5.69 Å². The summed E-state index contributed by atoms with van der Waals surface area (Å²) in [5, 5.41) is 0. The van der Waals surface area contributed by atoms with Crippen LogP contribution in [-0.4, -0.2) is 18.6 Å². The number of benzene rings is 2. The van der Waals surface area contributed by atoms with Gasteiger partial charge in [0.2, 0.25) is 0 Å². The van der Waals surface area contributed by atoms with Gasteiger partial charge in [0.05, 0.1) is 6.10 Å². The van der Waals surface area contributed by atoms with Gasteiger partial charge in [0, 0.05) is 23.7 Å². The predicted molar refractivity (Wildman–Crippen MR) is 84.1 cm³/mol. The first-order chi connectivity index (χ1) is 10.7. The molecule has 0 saturated carbocycles. The summed E-state index contributed by atoms with van der Waals surface area (Å²) in [6.07, 6.45) is 1.35. The minimum Gasteiger partial charge on any atom is -0.361 e. The Balaban J connectivity index is 1.61. The summed E-state index contributed by atoms with van der Waals surface area (Å²) in [7, 11) is 0. The van der Waals surface area contributed by atoms with Crippen LogP contribution in [0.3, 0.4) is 0 Å². The molecule has 0 aromatic heterocycles. The van der Waals surface area contributed by atoms with Gasteiger partial charge in [0.15, 0.2) is 0 Å². The van der Waals surface area contributed by atoms with Gasteiger partial charge in [-0.25, -0.2) is 0 Å². The van der Waals surface area contributed by atoms with Gasteiger partial charge in [-0.1, -0.05) is 30.3 Å². The van der Waals surface area contributed by atoms with Crippen LogP contribution in [0.15, 0.2) is 48.5 Å². The van der Waals surface area contributed by atoms with Crippen LogP contribution in [0.25, 0.3) is 0 Å². The lowest BCUT2D eigenvalue weighted by Gasteiger charge is -2.21. The zero-order valence-electron chi connectivity index (χ0n) is 12.5. The third-order valence-electron chi connectivity index (χ3n) is 5.43. The molecule has 0 N–H and O–H groups in total. The normalized spacial score (nSPS) is 30.7. The molecule has 2 heterocycles. The van der Waals surface area contributed by atoms with Crippen molar-refractivity contribution in [3.63, 3.8) is 0 Å². The van der Waals surface area contributed by atoms with Crippen molar-refractivity contribution in [3.8, 4) is 0 Å². The third-order valence-corrected chi connectivity index (χ3v) is 5.43. The van der Waals surface area contributed by atoms with Crippen LogP contribution in [0.2, 0.25) is 0 Å². The highest BCUT2D eigenvalue weighted by molar-refractivity contribution is 6.07. The molecule has 1 saturated heterocycles. The number of anilines is 1. The lowest BCUT2D eigenvalue weighted by Crippen LogP contribution is -2.30. The maximum Gasteiger partial charge on any atom is 0.258 e. The van der Waals surface area contributed by atoms with Crippen molar-refractivity contribution >= 4 is 11.6 Å². The zero-order chi connectivity index (χ0) is 14.9. The van der Waals surface area contributed by atoms with Crippen molar-refractivity contribution < 1.29 is 9.53 Å². The molecule has 3 aliphatic rings. The molecule has 110 valence electrons. The zero-order valence-corrected chi connectivity index (χ0v) is 12.5. The highest BCUT2D eigenvalue weighted by atomic mass is 16.6. The molecule has 2 aliphatic heterocycles. The molecule has 3 atom stereocenters. The molecule has 2 aromatic carbocycles. The fraction of sp³-hybridized carbons (Fsp3) is 0.316. The summed E-state index contributed by atoms with van der Waals surface area (Å²) in [6.45, 7) is 2.95. The Morgan fingerprint density at radius 2 is 2.00 bits per heavy atom. The monoisotopic (exact) mass is 291 g/mol. The topological polar surface area (TPSA) is 32.8 Å². The van der Waals surface area contributed by atoms with Gasteiger partial charge in [-0.2, -0.15) is 0 Å². The number of hydrogen-bond acceptors (Lipinski definition) is 2. The maximum absolute atomic E-state index is 12.9. The number of nitrogens with zero attached hydrogens (tertiary/aromatic N) is 1. The van der Waals surface area contributed by atoms with Gasteiger partial charge in [0.1, 0.15) is 5.60 Å². The summed E-state index contributed by atoms with van der Waals surface area (Å²) in [4.78, 5) is 14.8. The molecular formula is C19H17NO2. The van der Waals surface area contributed by atoms with Gasteiger partial charge in [-0.15, -0.1) is 0 Å². The smallest absolute Gasteiger partial charge is 0.258 e. The maximum atomic E-state index is 12.9. The minimum absolute atomic E-state index is 0.100. The molecule has 3 nitrogen and oxygen atoms in total. The minimum atomic E-state index is -0.117.